The van der Waals surface area contributed by atoms with E-state index in [4.69, 9.17) is 5.73 Å². The first-order valence-corrected chi connectivity index (χ1v) is 4.33. The predicted molar refractivity (Wildman–Crippen MR) is 53.3 cm³/mol. The van der Waals surface area contributed by atoms with Crippen molar-refractivity contribution in [3.63, 3.8) is 0 Å². The third-order valence-electron chi connectivity index (χ3n) is 1.81. The van der Waals surface area contributed by atoms with Gasteiger partial charge in [0.1, 0.15) is 5.82 Å². The zero-order valence-corrected chi connectivity index (χ0v) is 8.17. The summed E-state index contributed by atoms with van der Waals surface area (Å²) in [6, 6.07) is 3.82. The van der Waals surface area contributed by atoms with Gasteiger partial charge >= 0.3 is 0 Å². The molecule has 1 amide bonds. The van der Waals surface area contributed by atoms with Crippen LogP contribution in [0.2, 0.25) is 0 Å². The van der Waals surface area contributed by atoms with E-state index in [9.17, 15) is 9.18 Å². The fourth-order valence-corrected chi connectivity index (χ4v) is 1.21. The summed E-state index contributed by atoms with van der Waals surface area (Å²) in [5.74, 6) is -0.551. The number of nitrogens with two attached hydrogens (primary N) is 1. The molecular formula is C10H13FN2O. The number of hydrogen-bond acceptors (Lipinski definition) is 2. The number of nitrogens with one attached hydrogen (secondary N) is 1. The Balaban J connectivity index is 3.08. The lowest BCUT2D eigenvalue weighted by molar-refractivity contribution is -0.114. The summed E-state index contributed by atoms with van der Waals surface area (Å²) in [7, 11) is 0. The summed E-state index contributed by atoms with van der Waals surface area (Å²) >= 11 is 0. The molecule has 0 saturated heterocycles. The van der Waals surface area contributed by atoms with E-state index in [2.05, 4.69) is 5.32 Å². The van der Waals surface area contributed by atoms with Crippen LogP contribution in [0, 0.1) is 5.82 Å². The Hall–Kier alpha value is -1.42. The molecule has 3 N–H and O–H groups in total. The molecule has 0 aliphatic heterocycles. The van der Waals surface area contributed by atoms with Gasteiger partial charge in [0.2, 0.25) is 5.91 Å². The Labute approximate surface area is 82.1 Å². The van der Waals surface area contributed by atoms with Crippen LogP contribution < -0.4 is 11.1 Å². The maximum atomic E-state index is 12.9. The van der Waals surface area contributed by atoms with Gasteiger partial charge in [0.15, 0.2) is 0 Å². The van der Waals surface area contributed by atoms with Crippen LogP contribution in [0.3, 0.4) is 0 Å². The molecule has 76 valence electrons. The predicted octanol–water partition coefficient (Wildman–Crippen LogP) is 1.80. The van der Waals surface area contributed by atoms with Crippen molar-refractivity contribution in [1.82, 2.24) is 0 Å². The van der Waals surface area contributed by atoms with Crippen LogP contribution >= 0.6 is 0 Å². The molecule has 0 spiro atoms. The zero-order valence-electron chi connectivity index (χ0n) is 8.17. The quantitative estimate of drug-likeness (QED) is 0.757. The van der Waals surface area contributed by atoms with Gasteiger partial charge in [-0.25, -0.2) is 4.39 Å². The van der Waals surface area contributed by atoms with Gasteiger partial charge in [0, 0.05) is 18.7 Å². The number of benzene rings is 1. The van der Waals surface area contributed by atoms with Crippen molar-refractivity contribution in [3.05, 3.63) is 29.6 Å². The molecule has 3 nitrogen and oxygen atoms in total. The number of amides is 1. The SMILES string of the molecule is CC(=O)Nc1ccc(F)cc1C(C)N. The van der Waals surface area contributed by atoms with Crippen molar-refractivity contribution in [2.24, 2.45) is 5.73 Å². The highest BCUT2D eigenvalue weighted by Gasteiger charge is 2.08. The summed E-state index contributed by atoms with van der Waals surface area (Å²) in [6.07, 6.45) is 0. The summed E-state index contributed by atoms with van der Waals surface area (Å²) in [5.41, 5.74) is 6.80. The number of hydrogen-bond donors (Lipinski definition) is 2. The van der Waals surface area contributed by atoms with Crippen molar-refractivity contribution in [3.8, 4) is 0 Å². The van der Waals surface area contributed by atoms with Crippen LogP contribution in [-0.2, 0) is 4.79 Å². The van der Waals surface area contributed by atoms with Gasteiger partial charge in [-0.2, -0.15) is 0 Å². The van der Waals surface area contributed by atoms with Crippen LogP contribution in [-0.4, -0.2) is 5.91 Å². The second kappa shape index (κ2) is 4.19. The number of carbonyl (C=O) groups is 1. The third kappa shape index (κ3) is 2.53. The van der Waals surface area contributed by atoms with Gasteiger partial charge in [0.25, 0.3) is 0 Å². The number of rotatable bonds is 2. The van der Waals surface area contributed by atoms with Crippen LogP contribution in [0.4, 0.5) is 10.1 Å². The highest BCUT2D eigenvalue weighted by molar-refractivity contribution is 5.89. The minimum absolute atomic E-state index is 0.196. The van der Waals surface area contributed by atoms with E-state index in [1.54, 1.807) is 6.92 Å². The molecule has 0 bridgehead atoms. The van der Waals surface area contributed by atoms with Gasteiger partial charge in [-0.3, -0.25) is 4.79 Å². The summed E-state index contributed by atoms with van der Waals surface area (Å²) < 4.78 is 12.9. The van der Waals surface area contributed by atoms with Crippen molar-refractivity contribution < 1.29 is 9.18 Å². The molecule has 1 rings (SSSR count). The first kappa shape index (κ1) is 10.7. The van der Waals surface area contributed by atoms with E-state index in [0.717, 1.165) is 0 Å². The summed E-state index contributed by atoms with van der Waals surface area (Å²) in [5, 5.41) is 2.60. The van der Waals surface area contributed by atoms with Crippen molar-refractivity contribution >= 4 is 11.6 Å². The Morgan fingerprint density at radius 2 is 2.21 bits per heavy atom. The Morgan fingerprint density at radius 3 is 2.71 bits per heavy atom. The molecule has 1 atom stereocenters. The van der Waals surface area contributed by atoms with Crippen LogP contribution in [0.5, 0.6) is 0 Å². The lowest BCUT2D eigenvalue weighted by atomic mass is 10.1. The molecule has 0 aliphatic rings. The first-order valence-electron chi connectivity index (χ1n) is 4.33. The standard InChI is InChI=1S/C10H13FN2O/c1-6(12)9-5-8(11)3-4-10(9)13-7(2)14/h3-6H,12H2,1-2H3,(H,13,14). The monoisotopic (exact) mass is 196 g/mol. The maximum absolute atomic E-state index is 12.9. The van der Waals surface area contributed by atoms with Crippen molar-refractivity contribution in [2.45, 2.75) is 19.9 Å². The van der Waals surface area contributed by atoms with Crippen LogP contribution in [0.1, 0.15) is 25.5 Å². The largest absolute Gasteiger partial charge is 0.326 e. The van der Waals surface area contributed by atoms with E-state index in [-0.39, 0.29) is 17.8 Å². The highest BCUT2D eigenvalue weighted by Crippen LogP contribution is 2.22. The molecule has 0 radical (unpaired) electrons. The van der Waals surface area contributed by atoms with Crippen molar-refractivity contribution in [2.75, 3.05) is 5.32 Å². The molecule has 0 aliphatic carbocycles. The minimum Gasteiger partial charge on any atom is -0.326 e. The van der Waals surface area contributed by atoms with Crippen LogP contribution in [0.25, 0.3) is 0 Å². The average Bonchev–Trinajstić information content (AvgIpc) is 2.07. The molecule has 0 fully saturated rings. The van der Waals surface area contributed by atoms with E-state index in [0.29, 0.717) is 11.3 Å². The molecule has 1 aromatic rings. The molecule has 1 aromatic carbocycles. The van der Waals surface area contributed by atoms with E-state index >= 15 is 0 Å². The van der Waals surface area contributed by atoms with E-state index in [1.807, 2.05) is 0 Å². The Morgan fingerprint density at radius 1 is 1.57 bits per heavy atom. The lowest BCUT2D eigenvalue weighted by Gasteiger charge is -2.12. The van der Waals surface area contributed by atoms with Gasteiger partial charge in [0.05, 0.1) is 0 Å². The topological polar surface area (TPSA) is 55.1 Å². The van der Waals surface area contributed by atoms with Crippen LogP contribution in [0.15, 0.2) is 18.2 Å². The fourth-order valence-electron chi connectivity index (χ4n) is 1.21. The van der Waals surface area contributed by atoms with Crippen molar-refractivity contribution in [1.29, 1.82) is 0 Å². The van der Waals surface area contributed by atoms with E-state index < -0.39 is 0 Å². The number of anilines is 1. The number of carbonyl (C=O) groups excluding carboxylic acids is 1. The Kier molecular flexibility index (Phi) is 3.19. The normalized spacial score (nSPS) is 12.3. The third-order valence-corrected chi connectivity index (χ3v) is 1.81. The Bertz CT molecular complexity index is 350. The zero-order chi connectivity index (χ0) is 10.7. The molecule has 14 heavy (non-hydrogen) atoms. The van der Waals surface area contributed by atoms with Gasteiger partial charge in [-0.15, -0.1) is 0 Å². The molecule has 0 heterocycles. The van der Waals surface area contributed by atoms with Gasteiger partial charge in [-0.1, -0.05) is 0 Å². The molecule has 0 aromatic heterocycles. The van der Waals surface area contributed by atoms with E-state index in [1.165, 1.54) is 25.1 Å². The summed E-state index contributed by atoms with van der Waals surface area (Å²) in [6.45, 7) is 3.13. The smallest absolute Gasteiger partial charge is 0.221 e. The molecule has 1 unspecified atom stereocenters. The number of halogens is 1. The molecular weight excluding hydrogens is 183 g/mol. The van der Waals surface area contributed by atoms with Gasteiger partial charge < -0.3 is 11.1 Å². The second-order valence-electron chi connectivity index (χ2n) is 3.20. The fraction of sp³-hybridized carbons (Fsp3) is 0.300. The molecule has 4 heteroatoms. The maximum Gasteiger partial charge on any atom is 0.221 e. The second-order valence-corrected chi connectivity index (χ2v) is 3.20. The van der Waals surface area contributed by atoms with Gasteiger partial charge in [-0.05, 0) is 30.7 Å². The minimum atomic E-state index is -0.355. The average molecular weight is 196 g/mol. The lowest BCUT2D eigenvalue weighted by Crippen LogP contribution is -2.13. The summed E-state index contributed by atoms with van der Waals surface area (Å²) in [4.78, 5) is 10.8. The highest BCUT2D eigenvalue weighted by atomic mass is 19.1. The first-order chi connectivity index (χ1) is 6.50. The molecule has 0 saturated carbocycles.